The van der Waals surface area contributed by atoms with Gasteiger partial charge in [-0.15, -0.1) is 0 Å². The number of nitrogens with one attached hydrogen (secondary N) is 2. The molecule has 2 atom stereocenters. The molecule has 0 amide bonds. The number of rotatable bonds is 5. The number of carboxylic acids is 1. The van der Waals surface area contributed by atoms with E-state index in [4.69, 9.17) is 5.10 Å². The van der Waals surface area contributed by atoms with Crippen molar-refractivity contribution in [3.63, 3.8) is 0 Å². The zero-order valence-corrected chi connectivity index (χ0v) is 22.2. The molecule has 2 fully saturated rings. The van der Waals surface area contributed by atoms with Gasteiger partial charge in [0.25, 0.3) is 5.56 Å². The molecule has 0 unspecified atom stereocenters. The van der Waals surface area contributed by atoms with Crippen LogP contribution in [0.2, 0.25) is 0 Å². The number of H-pyrrole nitrogens is 1. The summed E-state index contributed by atoms with van der Waals surface area (Å²) in [5.41, 5.74) is 1.93. The number of aromatic nitrogens is 3. The lowest BCUT2D eigenvalue weighted by Gasteiger charge is -2.32. The zero-order chi connectivity index (χ0) is 26.6. The van der Waals surface area contributed by atoms with Crippen molar-refractivity contribution in [1.82, 2.24) is 19.1 Å². The zero-order valence-electron chi connectivity index (χ0n) is 21.4. The van der Waals surface area contributed by atoms with Crippen LogP contribution in [0.1, 0.15) is 69.9 Å². The van der Waals surface area contributed by atoms with Gasteiger partial charge in [-0.3, -0.25) is 14.3 Å². The third-order valence-corrected chi connectivity index (χ3v) is 10.7. The average Bonchev–Trinajstić information content (AvgIpc) is 3.39. The van der Waals surface area contributed by atoms with E-state index in [-0.39, 0.29) is 29.1 Å². The number of aliphatic carboxylic acids is 1. The van der Waals surface area contributed by atoms with Crippen molar-refractivity contribution in [3.05, 3.63) is 46.4 Å². The van der Waals surface area contributed by atoms with Crippen LogP contribution >= 0.6 is 0 Å². The molecule has 3 heterocycles. The lowest BCUT2D eigenvalue weighted by molar-refractivity contribution is -0.143. The molecule has 11 heteroatoms. The Balaban J connectivity index is 1.29. The van der Waals surface area contributed by atoms with Crippen LogP contribution in [0, 0.1) is 11.8 Å². The average molecular weight is 540 g/mol. The summed E-state index contributed by atoms with van der Waals surface area (Å²) in [6, 6.07) is 7.06. The first-order valence-corrected chi connectivity index (χ1v) is 14.9. The molecule has 38 heavy (non-hydrogen) atoms. The van der Waals surface area contributed by atoms with Gasteiger partial charge in [0.15, 0.2) is 5.82 Å². The molecule has 0 bridgehead atoms. The first kappa shape index (κ1) is 25.1. The van der Waals surface area contributed by atoms with Crippen molar-refractivity contribution < 1.29 is 18.3 Å². The minimum absolute atomic E-state index is 0.199. The molecule has 2 aliphatic carbocycles. The standard InChI is InChI=1S/C27H33N5O5S/c1-16-4-2-3-5-21(16)32-22-12-13-28-26(33)24(22)25(30-32)29-19-8-11-23-18(14-19)15-31(38(23,36)37)20-9-6-17(7-10-20)27(34)35/h8,11-14,16-17,20-21H,2-7,9-10,15H2,1H3,(H,28,33)(H,29,30)(H,34,35)/t16-,17-,20-,21-/m0/s1. The van der Waals surface area contributed by atoms with E-state index < -0.39 is 21.9 Å². The number of pyridine rings is 1. The van der Waals surface area contributed by atoms with Crippen molar-refractivity contribution in [2.24, 2.45) is 11.8 Å². The number of hydrogen-bond acceptors (Lipinski definition) is 6. The van der Waals surface area contributed by atoms with Gasteiger partial charge in [0.1, 0.15) is 5.39 Å². The molecule has 2 aromatic heterocycles. The molecule has 202 valence electrons. The largest absolute Gasteiger partial charge is 0.481 e. The summed E-state index contributed by atoms with van der Waals surface area (Å²) in [5.74, 6) is -0.285. The normalized spacial score (nSPS) is 27.3. The molecule has 3 aliphatic rings. The molecule has 0 saturated heterocycles. The van der Waals surface area contributed by atoms with Crippen LogP contribution < -0.4 is 10.9 Å². The van der Waals surface area contributed by atoms with Crippen LogP contribution in [0.15, 0.2) is 40.2 Å². The number of nitrogens with zero attached hydrogens (tertiary/aromatic N) is 3. The van der Waals surface area contributed by atoms with Crippen LogP contribution in [0.25, 0.3) is 10.9 Å². The molecule has 3 aromatic rings. The van der Waals surface area contributed by atoms with Crippen molar-refractivity contribution in [3.8, 4) is 0 Å². The van der Waals surface area contributed by atoms with Gasteiger partial charge >= 0.3 is 5.97 Å². The number of anilines is 2. The predicted molar refractivity (Wildman–Crippen MR) is 143 cm³/mol. The lowest BCUT2D eigenvalue weighted by atomic mass is 9.86. The number of carboxylic acid groups (broad SMARTS) is 1. The first-order chi connectivity index (χ1) is 18.2. The van der Waals surface area contributed by atoms with Gasteiger partial charge in [-0.05, 0) is 74.3 Å². The van der Waals surface area contributed by atoms with Crippen LogP contribution in [0.4, 0.5) is 11.5 Å². The van der Waals surface area contributed by atoms with E-state index in [0.717, 1.165) is 24.8 Å². The summed E-state index contributed by atoms with van der Waals surface area (Å²) in [6.07, 6.45) is 8.20. The molecule has 2 saturated carbocycles. The van der Waals surface area contributed by atoms with Crippen LogP contribution in [-0.4, -0.2) is 44.6 Å². The number of aromatic amines is 1. The Kier molecular flexibility index (Phi) is 6.30. The van der Waals surface area contributed by atoms with Crippen LogP contribution in [-0.2, 0) is 21.4 Å². The number of hydrogen-bond donors (Lipinski definition) is 3. The number of sulfonamides is 1. The third-order valence-electron chi connectivity index (χ3n) is 8.70. The highest BCUT2D eigenvalue weighted by Gasteiger charge is 2.41. The first-order valence-electron chi connectivity index (χ1n) is 13.5. The van der Waals surface area contributed by atoms with E-state index in [1.807, 2.05) is 16.8 Å². The predicted octanol–water partition coefficient (Wildman–Crippen LogP) is 4.37. The van der Waals surface area contributed by atoms with E-state index >= 15 is 0 Å². The quantitative estimate of drug-likeness (QED) is 0.438. The smallest absolute Gasteiger partial charge is 0.306 e. The molecule has 0 spiro atoms. The van der Waals surface area contributed by atoms with Crippen molar-refractivity contribution in [2.75, 3.05) is 5.32 Å². The second-order valence-corrected chi connectivity index (χ2v) is 12.9. The minimum Gasteiger partial charge on any atom is -0.481 e. The monoisotopic (exact) mass is 539 g/mol. The fourth-order valence-electron chi connectivity index (χ4n) is 6.58. The maximum atomic E-state index is 13.3. The maximum Gasteiger partial charge on any atom is 0.306 e. The van der Waals surface area contributed by atoms with Gasteiger partial charge in [-0.25, -0.2) is 8.42 Å². The molecule has 1 aromatic carbocycles. The van der Waals surface area contributed by atoms with Crippen molar-refractivity contribution >= 4 is 38.4 Å². The summed E-state index contributed by atoms with van der Waals surface area (Å²) < 4.78 is 30.2. The van der Waals surface area contributed by atoms with Crippen molar-refractivity contribution in [1.29, 1.82) is 0 Å². The number of carbonyl (C=O) groups is 1. The van der Waals surface area contributed by atoms with Gasteiger partial charge in [0, 0.05) is 24.5 Å². The summed E-state index contributed by atoms with van der Waals surface area (Å²) in [6.45, 7) is 2.49. The molecule has 10 nitrogen and oxygen atoms in total. The fourth-order valence-corrected chi connectivity index (χ4v) is 8.44. The Morgan fingerprint density at radius 3 is 2.61 bits per heavy atom. The molecular weight excluding hydrogens is 506 g/mol. The SMILES string of the molecule is C[C@H]1CCCC[C@@H]1n1nc(Nc2ccc3c(c2)CN([C@H]2CC[C@H](C(=O)O)CC2)S3(=O)=O)c2c(=O)[nH]ccc21. The van der Waals surface area contributed by atoms with Gasteiger partial charge in [0.2, 0.25) is 10.0 Å². The molecular formula is C27H33N5O5S. The van der Waals surface area contributed by atoms with E-state index in [0.29, 0.717) is 54.1 Å². The van der Waals surface area contributed by atoms with Gasteiger partial charge in [0.05, 0.1) is 22.4 Å². The molecule has 3 N–H and O–H groups in total. The highest BCUT2D eigenvalue weighted by molar-refractivity contribution is 7.89. The third kappa shape index (κ3) is 4.21. The fraction of sp³-hybridized carbons (Fsp3) is 0.519. The van der Waals surface area contributed by atoms with Crippen molar-refractivity contribution in [2.45, 2.75) is 81.8 Å². The highest BCUT2D eigenvalue weighted by atomic mass is 32.2. The number of fused-ring (bicyclic) bond motifs is 2. The Morgan fingerprint density at radius 2 is 1.87 bits per heavy atom. The van der Waals surface area contributed by atoms with Crippen LogP contribution in [0.5, 0.6) is 0 Å². The van der Waals surface area contributed by atoms with Gasteiger partial charge < -0.3 is 15.4 Å². The maximum absolute atomic E-state index is 13.3. The topological polar surface area (TPSA) is 137 Å². The molecule has 0 radical (unpaired) electrons. The van der Waals surface area contributed by atoms with Gasteiger partial charge in [-0.2, -0.15) is 9.40 Å². The summed E-state index contributed by atoms with van der Waals surface area (Å²) in [4.78, 5) is 27.2. The second-order valence-electron chi connectivity index (χ2n) is 11.0. The van der Waals surface area contributed by atoms with E-state index in [9.17, 15) is 23.1 Å². The molecule has 6 rings (SSSR count). The Labute approximate surface area is 221 Å². The second kappa shape index (κ2) is 9.53. The highest BCUT2D eigenvalue weighted by Crippen LogP contribution is 2.40. The van der Waals surface area contributed by atoms with E-state index in [2.05, 4.69) is 17.2 Å². The Hall–Kier alpha value is -3.18. The lowest BCUT2D eigenvalue weighted by Crippen LogP contribution is -2.39. The van der Waals surface area contributed by atoms with E-state index in [1.54, 1.807) is 18.3 Å². The molecule has 1 aliphatic heterocycles. The summed E-state index contributed by atoms with van der Waals surface area (Å²) in [5, 5.41) is 17.9. The number of benzene rings is 1. The van der Waals surface area contributed by atoms with Gasteiger partial charge in [-0.1, -0.05) is 19.8 Å². The summed E-state index contributed by atoms with van der Waals surface area (Å²) in [7, 11) is -3.65. The Bertz CT molecular complexity index is 1550. The van der Waals surface area contributed by atoms with Crippen LogP contribution in [0.3, 0.4) is 0 Å². The summed E-state index contributed by atoms with van der Waals surface area (Å²) >= 11 is 0. The Morgan fingerprint density at radius 1 is 1.11 bits per heavy atom. The minimum atomic E-state index is -3.65. The van der Waals surface area contributed by atoms with E-state index in [1.165, 1.54) is 10.7 Å².